The van der Waals surface area contributed by atoms with E-state index in [1.165, 1.54) is 6.07 Å². The number of alkyl carbamates (subject to hydrolysis) is 1. The SMILES string of the molecule is CC(C)(C)OC(=O)NC(C(=O)Nc1ccc(Cl)cc1C(=O)c1ccccc1)C1CC1. The maximum absolute atomic E-state index is 13.0. The molecule has 1 aliphatic carbocycles. The van der Waals surface area contributed by atoms with Gasteiger partial charge in [-0.25, -0.2) is 4.79 Å². The first kappa shape index (κ1) is 21.8. The monoisotopic (exact) mass is 428 g/mol. The van der Waals surface area contributed by atoms with Gasteiger partial charge >= 0.3 is 6.09 Å². The quantitative estimate of drug-likeness (QED) is 0.646. The maximum Gasteiger partial charge on any atom is 0.408 e. The van der Waals surface area contributed by atoms with Crippen LogP contribution in [0.25, 0.3) is 0 Å². The van der Waals surface area contributed by atoms with Gasteiger partial charge in [0.15, 0.2) is 5.78 Å². The number of nitrogens with one attached hydrogen (secondary N) is 2. The summed E-state index contributed by atoms with van der Waals surface area (Å²) in [6.07, 6.45) is 1.03. The van der Waals surface area contributed by atoms with Gasteiger partial charge in [0.25, 0.3) is 0 Å². The summed E-state index contributed by atoms with van der Waals surface area (Å²) in [6.45, 7) is 5.27. The molecule has 30 heavy (non-hydrogen) atoms. The zero-order valence-electron chi connectivity index (χ0n) is 17.2. The van der Waals surface area contributed by atoms with E-state index in [9.17, 15) is 14.4 Å². The molecule has 2 aromatic carbocycles. The van der Waals surface area contributed by atoms with Crippen LogP contribution in [0, 0.1) is 5.92 Å². The van der Waals surface area contributed by atoms with Crippen LogP contribution in [0.15, 0.2) is 48.5 Å². The molecule has 1 saturated carbocycles. The van der Waals surface area contributed by atoms with E-state index in [1.807, 2.05) is 6.07 Å². The first-order chi connectivity index (χ1) is 14.1. The number of benzene rings is 2. The van der Waals surface area contributed by atoms with E-state index >= 15 is 0 Å². The van der Waals surface area contributed by atoms with E-state index in [0.717, 1.165) is 12.8 Å². The highest BCUT2D eigenvalue weighted by molar-refractivity contribution is 6.31. The summed E-state index contributed by atoms with van der Waals surface area (Å²) in [5, 5.41) is 5.84. The third-order valence-corrected chi connectivity index (χ3v) is 4.80. The fourth-order valence-electron chi connectivity index (χ4n) is 3.03. The lowest BCUT2D eigenvalue weighted by Crippen LogP contribution is -2.47. The Balaban J connectivity index is 1.80. The van der Waals surface area contributed by atoms with Crippen molar-refractivity contribution < 1.29 is 19.1 Å². The van der Waals surface area contributed by atoms with E-state index in [-0.39, 0.29) is 17.3 Å². The average Bonchev–Trinajstić information content (AvgIpc) is 3.51. The van der Waals surface area contributed by atoms with Crippen molar-refractivity contribution in [2.45, 2.75) is 45.3 Å². The minimum absolute atomic E-state index is 0.0399. The maximum atomic E-state index is 13.0. The van der Waals surface area contributed by atoms with Gasteiger partial charge in [0.1, 0.15) is 11.6 Å². The number of carbonyl (C=O) groups excluding carboxylic acids is 3. The Morgan fingerprint density at radius 2 is 1.73 bits per heavy atom. The van der Waals surface area contributed by atoms with E-state index in [4.69, 9.17) is 16.3 Å². The molecule has 2 N–H and O–H groups in total. The molecule has 0 aliphatic heterocycles. The molecular weight excluding hydrogens is 404 g/mol. The zero-order chi connectivity index (χ0) is 21.9. The highest BCUT2D eigenvalue weighted by Crippen LogP contribution is 2.34. The van der Waals surface area contributed by atoms with Gasteiger partial charge in [-0.3, -0.25) is 9.59 Å². The molecule has 3 rings (SSSR count). The molecule has 0 bridgehead atoms. The van der Waals surface area contributed by atoms with Crippen molar-refractivity contribution in [3.05, 3.63) is 64.7 Å². The van der Waals surface area contributed by atoms with Crippen LogP contribution in [0.4, 0.5) is 10.5 Å². The van der Waals surface area contributed by atoms with Crippen LogP contribution >= 0.6 is 11.6 Å². The third kappa shape index (κ3) is 5.83. The molecule has 2 amide bonds. The smallest absolute Gasteiger partial charge is 0.408 e. The van der Waals surface area contributed by atoms with Crippen LogP contribution in [0.3, 0.4) is 0 Å². The Morgan fingerprint density at radius 1 is 1.07 bits per heavy atom. The third-order valence-electron chi connectivity index (χ3n) is 4.57. The van der Waals surface area contributed by atoms with Crippen LogP contribution in [-0.2, 0) is 9.53 Å². The second kappa shape index (κ2) is 8.88. The van der Waals surface area contributed by atoms with Crippen LogP contribution < -0.4 is 10.6 Å². The first-order valence-corrected chi connectivity index (χ1v) is 10.2. The molecule has 1 aliphatic rings. The molecule has 0 aromatic heterocycles. The average molecular weight is 429 g/mol. The predicted molar refractivity (Wildman–Crippen MR) is 116 cm³/mol. The molecule has 0 radical (unpaired) electrons. The molecule has 1 fully saturated rings. The fraction of sp³-hybridized carbons (Fsp3) is 0.348. The molecular formula is C23H25ClN2O4. The number of carbonyl (C=O) groups is 3. The van der Waals surface area contributed by atoms with E-state index < -0.39 is 23.6 Å². The Kier molecular flexibility index (Phi) is 6.46. The summed E-state index contributed by atoms with van der Waals surface area (Å²) >= 11 is 6.10. The summed E-state index contributed by atoms with van der Waals surface area (Å²) in [6, 6.07) is 12.7. The van der Waals surface area contributed by atoms with Crippen LogP contribution in [-0.4, -0.2) is 29.4 Å². The zero-order valence-corrected chi connectivity index (χ0v) is 18.0. The van der Waals surface area contributed by atoms with Gasteiger partial charge in [0.05, 0.1) is 5.69 Å². The summed E-state index contributed by atoms with van der Waals surface area (Å²) < 4.78 is 5.28. The second-order valence-electron chi connectivity index (χ2n) is 8.34. The summed E-state index contributed by atoms with van der Waals surface area (Å²) in [5.74, 6) is -0.609. The van der Waals surface area contributed by atoms with Crippen molar-refractivity contribution >= 4 is 35.1 Å². The highest BCUT2D eigenvalue weighted by Gasteiger charge is 2.38. The Bertz CT molecular complexity index is 949. The molecule has 2 aromatic rings. The first-order valence-electron chi connectivity index (χ1n) is 9.84. The van der Waals surface area contributed by atoms with Crippen molar-refractivity contribution in [1.82, 2.24) is 5.32 Å². The van der Waals surface area contributed by atoms with E-state index in [0.29, 0.717) is 16.3 Å². The predicted octanol–water partition coefficient (Wildman–Crippen LogP) is 4.81. The lowest BCUT2D eigenvalue weighted by molar-refractivity contribution is -0.118. The molecule has 1 unspecified atom stereocenters. The number of rotatable bonds is 6. The number of ketones is 1. The number of anilines is 1. The number of halogens is 1. The lowest BCUT2D eigenvalue weighted by atomic mass is 10.0. The lowest BCUT2D eigenvalue weighted by Gasteiger charge is -2.23. The Hall–Kier alpha value is -2.86. The van der Waals surface area contributed by atoms with Crippen molar-refractivity contribution in [2.75, 3.05) is 5.32 Å². The van der Waals surface area contributed by atoms with Crippen molar-refractivity contribution in [3.63, 3.8) is 0 Å². The van der Waals surface area contributed by atoms with Gasteiger partial charge in [0.2, 0.25) is 5.91 Å². The van der Waals surface area contributed by atoms with Gasteiger partial charge in [0, 0.05) is 16.1 Å². The van der Waals surface area contributed by atoms with Gasteiger partial charge in [-0.1, -0.05) is 41.9 Å². The van der Waals surface area contributed by atoms with Crippen molar-refractivity contribution in [3.8, 4) is 0 Å². The fourth-order valence-corrected chi connectivity index (χ4v) is 3.20. The van der Waals surface area contributed by atoms with Crippen molar-refractivity contribution in [2.24, 2.45) is 5.92 Å². The minimum atomic E-state index is -0.741. The van der Waals surface area contributed by atoms with E-state index in [2.05, 4.69) is 10.6 Å². The summed E-state index contributed by atoms with van der Waals surface area (Å²) in [4.78, 5) is 38.1. The van der Waals surface area contributed by atoms with Gasteiger partial charge < -0.3 is 15.4 Å². The van der Waals surface area contributed by atoms with Gasteiger partial charge in [-0.2, -0.15) is 0 Å². The normalized spacial score (nSPS) is 14.5. The molecule has 0 spiro atoms. The summed E-state index contributed by atoms with van der Waals surface area (Å²) in [7, 11) is 0. The molecule has 158 valence electrons. The minimum Gasteiger partial charge on any atom is -0.444 e. The molecule has 7 heteroatoms. The van der Waals surface area contributed by atoms with Gasteiger partial charge in [-0.15, -0.1) is 0 Å². The highest BCUT2D eigenvalue weighted by atomic mass is 35.5. The summed E-state index contributed by atoms with van der Waals surface area (Å²) in [5.41, 5.74) is 0.449. The number of amides is 2. The second-order valence-corrected chi connectivity index (χ2v) is 8.77. The molecule has 1 atom stereocenters. The number of ether oxygens (including phenoxy) is 1. The van der Waals surface area contributed by atoms with Crippen LogP contribution in [0.5, 0.6) is 0 Å². The van der Waals surface area contributed by atoms with E-state index in [1.54, 1.807) is 57.2 Å². The topological polar surface area (TPSA) is 84.5 Å². The van der Waals surface area contributed by atoms with Gasteiger partial charge in [-0.05, 0) is 57.7 Å². The standard InChI is InChI=1S/C23H25ClN2O4/c1-23(2,3)30-22(29)26-19(14-9-10-14)21(28)25-18-12-11-16(24)13-17(18)20(27)15-7-5-4-6-8-15/h4-8,11-14,19H,9-10H2,1-3H3,(H,25,28)(H,26,29). The molecule has 0 saturated heterocycles. The molecule has 0 heterocycles. The number of hydrogen-bond donors (Lipinski definition) is 2. The van der Waals surface area contributed by atoms with Crippen molar-refractivity contribution in [1.29, 1.82) is 0 Å². The Labute approximate surface area is 180 Å². The molecule has 6 nitrogen and oxygen atoms in total. The van der Waals surface area contributed by atoms with Crippen LogP contribution in [0.1, 0.15) is 49.5 Å². The Morgan fingerprint density at radius 3 is 2.33 bits per heavy atom. The van der Waals surface area contributed by atoms with Crippen LogP contribution in [0.2, 0.25) is 5.02 Å². The largest absolute Gasteiger partial charge is 0.444 e. The number of hydrogen-bond acceptors (Lipinski definition) is 4.